The molecule has 0 saturated carbocycles. The van der Waals surface area contributed by atoms with Crippen LogP contribution in [0.15, 0.2) is 16.5 Å². The molecule has 5 nitrogen and oxygen atoms in total. The average Bonchev–Trinajstić information content (AvgIpc) is 2.69. The lowest BCUT2D eigenvalue weighted by atomic mass is 10.0. The van der Waals surface area contributed by atoms with Gasteiger partial charge in [0.1, 0.15) is 5.76 Å². The zero-order valence-corrected chi connectivity index (χ0v) is 8.06. The van der Waals surface area contributed by atoms with Gasteiger partial charge in [-0.05, 0) is 12.1 Å². The van der Waals surface area contributed by atoms with Gasteiger partial charge in [-0.25, -0.2) is 4.79 Å². The standard InChI is InChI=1S/C10H11NO4/c12-5-9-2-1-8(15-9)3-7-4-11-10(13)14-6-7/h1-2,5,7H,3-4,6H2,(H,11,13)/t7-/m0/s1. The maximum absolute atomic E-state index is 10.7. The number of hydrogen-bond acceptors (Lipinski definition) is 4. The van der Waals surface area contributed by atoms with E-state index in [4.69, 9.17) is 9.15 Å². The first kappa shape index (κ1) is 9.76. The van der Waals surface area contributed by atoms with E-state index in [1.54, 1.807) is 12.1 Å². The van der Waals surface area contributed by atoms with Crippen LogP contribution in [0.3, 0.4) is 0 Å². The van der Waals surface area contributed by atoms with Gasteiger partial charge >= 0.3 is 6.09 Å². The predicted molar refractivity (Wildman–Crippen MR) is 50.6 cm³/mol. The van der Waals surface area contributed by atoms with Crippen molar-refractivity contribution in [1.82, 2.24) is 5.32 Å². The zero-order valence-electron chi connectivity index (χ0n) is 8.06. The molecule has 2 rings (SSSR count). The summed E-state index contributed by atoms with van der Waals surface area (Å²) in [6.07, 6.45) is 0.954. The van der Waals surface area contributed by atoms with Crippen LogP contribution in [0.25, 0.3) is 0 Å². The molecule has 0 aromatic carbocycles. The molecule has 0 bridgehead atoms. The van der Waals surface area contributed by atoms with Gasteiger partial charge in [0, 0.05) is 18.9 Å². The molecule has 1 aromatic rings. The van der Waals surface area contributed by atoms with E-state index in [1.165, 1.54) is 0 Å². The Bertz CT molecular complexity index is 361. The highest BCUT2D eigenvalue weighted by molar-refractivity contribution is 5.70. The smallest absolute Gasteiger partial charge is 0.407 e. The van der Waals surface area contributed by atoms with Gasteiger partial charge in [0.15, 0.2) is 12.0 Å². The molecule has 0 aliphatic carbocycles. The number of aldehydes is 1. The number of nitrogens with one attached hydrogen (secondary N) is 1. The van der Waals surface area contributed by atoms with Gasteiger partial charge in [0.25, 0.3) is 0 Å². The first-order chi connectivity index (χ1) is 7.28. The van der Waals surface area contributed by atoms with Crippen LogP contribution in [-0.4, -0.2) is 25.5 Å². The Labute approximate surface area is 86.4 Å². The Kier molecular flexibility index (Phi) is 2.71. The molecular formula is C10H11NO4. The summed E-state index contributed by atoms with van der Waals surface area (Å²) in [5.41, 5.74) is 0. The van der Waals surface area contributed by atoms with Crippen LogP contribution in [0, 0.1) is 5.92 Å². The molecule has 15 heavy (non-hydrogen) atoms. The molecule has 1 aliphatic heterocycles. The largest absolute Gasteiger partial charge is 0.458 e. The lowest BCUT2D eigenvalue weighted by Crippen LogP contribution is -2.39. The highest BCUT2D eigenvalue weighted by Crippen LogP contribution is 2.13. The quantitative estimate of drug-likeness (QED) is 0.754. The van der Waals surface area contributed by atoms with Crippen LogP contribution >= 0.6 is 0 Å². The molecule has 0 radical (unpaired) electrons. The second-order valence-corrected chi connectivity index (χ2v) is 3.47. The highest BCUT2D eigenvalue weighted by Gasteiger charge is 2.20. The number of hydrogen-bond donors (Lipinski definition) is 1. The summed E-state index contributed by atoms with van der Waals surface area (Å²) < 4.78 is 10.1. The summed E-state index contributed by atoms with van der Waals surface area (Å²) in [5, 5.41) is 2.60. The van der Waals surface area contributed by atoms with E-state index in [2.05, 4.69) is 5.32 Å². The fourth-order valence-electron chi connectivity index (χ4n) is 1.51. The van der Waals surface area contributed by atoms with Crippen LogP contribution in [0.4, 0.5) is 4.79 Å². The van der Waals surface area contributed by atoms with Crippen molar-refractivity contribution in [2.75, 3.05) is 13.2 Å². The number of cyclic esters (lactones) is 1. The van der Waals surface area contributed by atoms with Crippen LogP contribution in [-0.2, 0) is 11.2 Å². The third-order valence-electron chi connectivity index (χ3n) is 2.27. The van der Waals surface area contributed by atoms with Gasteiger partial charge in [-0.3, -0.25) is 4.79 Å². The van der Waals surface area contributed by atoms with Crippen molar-refractivity contribution in [1.29, 1.82) is 0 Å². The minimum Gasteiger partial charge on any atom is -0.458 e. The molecule has 2 heterocycles. The van der Waals surface area contributed by atoms with Gasteiger partial charge in [-0.2, -0.15) is 0 Å². The molecule has 0 spiro atoms. The molecule has 1 amide bonds. The Balaban J connectivity index is 1.91. The fraction of sp³-hybridized carbons (Fsp3) is 0.400. The molecular weight excluding hydrogens is 198 g/mol. The molecule has 0 unspecified atom stereocenters. The van der Waals surface area contributed by atoms with Gasteiger partial charge < -0.3 is 14.5 Å². The molecule has 1 aromatic heterocycles. The van der Waals surface area contributed by atoms with Gasteiger partial charge in [0.05, 0.1) is 6.61 Å². The number of ether oxygens (including phenoxy) is 1. The van der Waals surface area contributed by atoms with Gasteiger partial charge in [-0.1, -0.05) is 0 Å². The monoisotopic (exact) mass is 209 g/mol. The van der Waals surface area contributed by atoms with E-state index in [1.807, 2.05) is 0 Å². The van der Waals surface area contributed by atoms with Gasteiger partial charge in [-0.15, -0.1) is 0 Å². The van der Waals surface area contributed by atoms with Crippen molar-refractivity contribution in [2.45, 2.75) is 6.42 Å². The maximum atomic E-state index is 10.7. The van der Waals surface area contributed by atoms with Crippen LogP contribution < -0.4 is 5.32 Å². The first-order valence-corrected chi connectivity index (χ1v) is 4.72. The number of furan rings is 1. The molecule has 1 fully saturated rings. The maximum Gasteiger partial charge on any atom is 0.407 e. The summed E-state index contributed by atoms with van der Waals surface area (Å²) in [4.78, 5) is 21.1. The number of alkyl carbamates (subject to hydrolysis) is 1. The normalized spacial score (nSPS) is 20.5. The molecule has 1 saturated heterocycles. The minimum absolute atomic E-state index is 0.202. The fourth-order valence-corrected chi connectivity index (χ4v) is 1.51. The summed E-state index contributed by atoms with van der Waals surface area (Å²) in [6.45, 7) is 0.971. The van der Waals surface area contributed by atoms with E-state index < -0.39 is 0 Å². The lowest BCUT2D eigenvalue weighted by molar-refractivity contribution is 0.101. The van der Waals surface area contributed by atoms with Gasteiger partial charge in [0.2, 0.25) is 0 Å². The van der Waals surface area contributed by atoms with Crippen molar-refractivity contribution < 1.29 is 18.7 Å². The van der Waals surface area contributed by atoms with Crippen LogP contribution in [0.5, 0.6) is 0 Å². The van der Waals surface area contributed by atoms with Crippen molar-refractivity contribution in [2.24, 2.45) is 5.92 Å². The van der Waals surface area contributed by atoms with E-state index in [9.17, 15) is 9.59 Å². The van der Waals surface area contributed by atoms with Crippen LogP contribution in [0.1, 0.15) is 16.3 Å². The number of amides is 1. The molecule has 1 atom stereocenters. The topological polar surface area (TPSA) is 68.5 Å². The third-order valence-corrected chi connectivity index (χ3v) is 2.27. The number of rotatable bonds is 3. The van der Waals surface area contributed by atoms with E-state index in [0.717, 1.165) is 5.76 Å². The first-order valence-electron chi connectivity index (χ1n) is 4.72. The summed E-state index contributed by atoms with van der Waals surface area (Å²) >= 11 is 0. The molecule has 1 aliphatic rings. The van der Waals surface area contributed by atoms with Crippen molar-refractivity contribution in [3.8, 4) is 0 Å². The number of carbonyl (C=O) groups is 2. The summed E-state index contributed by atoms with van der Waals surface area (Å²) in [7, 11) is 0. The summed E-state index contributed by atoms with van der Waals surface area (Å²) in [6, 6.07) is 3.39. The minimum atomic E-state index is -0.376. The lowest BCUT2D eigenvalue weighted by Gasteiger charge is -2.21. The third kappa shape index (κ3) is 2.37. The van der Waals surface area contributed by atoms with E-state index >= 15 is 0 Å². The van der Waals surface area contributed by atoms with Crippen LogP contribution in [0.2, 0.25) is 0 Å². The molecule has 80 valence electrons. The Morgan fingerprint density at radius 1 is 1.53 bits per heavy atom. The van der Waals surface area contributed by atoms with Crippen molar-refractivity contribution in [3.05, 3.63) is 23.7 Å². The second-order valence-electron chi connectivity index (χ2n) is 3.47. The van der Waals surface area contributed by atoms with E-state index in [-0.39, 0.29) is 12.0 Å². The Morgan fingerprint density at radius 2 is 2.40 bits per heavy atom. The van der Waals surface area contributed by atoms with Crippen molar-refractivity contribution in [3.63, 3.8) is 0 Å². The predicted octanol–water partition coefficient (Wildman–Crippen LogP) is 0.991. The second kappa shape index (κ2) is 4.16. The zero-order chi connectivity index (χ0) is 10.7. The SMILES string of the molecule is O=Cc1ccc(C[C@H]2CNC(=O)OC2)o1. The van der Waals surface area contributed by atoms with Crippen molar-refractivity contribution >= 4 is 12.4 Å². The Hall–Kier alpha value is -1.78. The Morgan fingerprint density at radius 3 is 3.00 bits per heavy atom. The molecule has 1 N–H and O–H groups in total. The highest BCUT2D eigenvalue weighted by atomic mass is 16.6. The average molecular weight is 209 g/mol. The molecule has 5 heteroatoms. The number of carbonyl (C=O) groups excluding carboxylic acids is 2. The van der Waals surface area contributed by atoms with E-state index in [0.29, 0.717) is 31.6 Å². The summed E-state index contributed by atoms with van der Waals surface area (Å²) in [5.74, 6) is 1.26.